The van der Waals surface area contributed by atoms with Crippen molar-refractivity contribution in [3.8, 4) is 0 Å². The van der Waals surface area contributed by atoms with Gasteiger partial charge < -0.3 is 10.3 Å². The van der Waals surface area contributed by atoms with Crippen molar-refractivity contribution >= 4 is 41.2 Å². The highest BCUT2D eigenvalue weighted by Crippen LogP contribution is 2.30. The van der Waals surface area contributed by atoms with Crippen LogP contribution in [0.4, 0.5) is 20.3 Å². The summed E-state index contributed by atoms with van der Waals surface area (Å²) in [5, 5.41) is 13.0. The van der Waals surface area contributed by atoms with Gasteiger partial charge in [-0.05, 0) is 25.1 Å². The molecule has 11 heteroatoms. The zero-order chi connectivity index (χ0) is 22.4. The maximum absolute atomic E-state index is 13.1. The molecule has 2 heterocycles. The van der Waals surface area contributed by atoms with Gasteiger partial charge in [-0.3, -0.25) is 10.3 Å². The van der Waals surface area contributed by atoms with Crippen LogP contribution in [0.15, 0.2) is 35.9 Å². The number of hydrogen-bond acceptors (Lipinski definition) is 8. The van der Waals surface area contributed by atoms with Crippen LogP contribution >= 0.6 is 11.6 Å². The van der Waals surface area contributed by atoms with E-state index in [4.69, 9.17) is 21.8 Å². The molecule has 1 aromatic carbocycles. The van der Waals surface area contributed by atoms with Crippen molar-refractivity contribution in [2.45, 2.75) is 13.3 Å². The third-order valence-corrected chi connectivity index (χ3v) is 4.75. The molecule has 1 fully saturated rings. The lowest BCUT2D eigenvalue weighted by molar-refractivity contribution is 0.118. The summed E-state index contributed by atoms with van der Waals surface area (Å²) in [7, 11) is 0. The van der Waals surface area contributed by atoms with Gasteiger partial charge in [-0.15, -0.1) is 0 Å². The Morgan fingerprint density at radius 2 is 2.13 bits per heavy atom. The number of halogens is 3. The van der Waals surface area contributed by atoms with Gasteiger partial charge in [0.1, 0.15) is 11.5 Å². The van der Waals surface area contributed by atoms with Crippen LogP contribution in [0.1, 0.15) is 23.5 Å². The number of nitrogens with zero attached hydrogens (tertiary/aromatic N) is 5. The maximum atomic E-state index is 13.1. The summed E-state index contributed by atoms with van der Waals surface area (Å²) < 4.78 is 26.2. The van der Waals surface area contributed by atoms with E-state index in [9.17, 15) is 8.78 Å². The molecule has 0 atom stereocenters. The Hall–Kier alpha value is -3.11. The Labute approximate surface area is 183 Å². The van der Waals surface area contributed by atoms with Crippen molar-refractivity contribution in [3.63, 3.8) is 0 Å². The van der Waals surface area contributed by atoms with Crippen molar-refractivity contribution in [1.82, 2.24) is 14.9 Å². The minimum absolute atomic E-state index is 0.252. The molecule has 3 rings (SSSR count). The lowest BCUT2D eigenvalue weighted by Crippen LogP contribution is -2.30. The van der Waals surface area contributed by atoms with E-state index in [1.165, 1.54) is 17.3 Å². The van der Waals surface area contributed by atoms with E-state index in [0.717, 1.165) is 11.8 Å². The zero-order valence-corrected chi connectivity index (χ0v) is 17.6. The third kappa shape index (κ3) is 5.74. The number of rotatable bonds is 7. The number of hydrogen-bond donors (Lipinski definition) is 2. The molecule has 0 spiro atoms. The molecule has 0 saturated carbocycles. The number of nitrogens with one attached hydrogen (secondary N) is 2. The smallest absolute Gasteiger partial charge is 0.280 e. The van der Waals surface area contributed by atoms with Crippen LogP contribution in [-0.2, 0) is 4.84 Å². The van der Waals surface area contributed by atoms with Gasteiger partial charge >= 0.3 is 0 Å². The van der Waals surface area contributed by atoms with Crippen molar-refractivity contribution in [1.29, 1.82) is 5.41 Å². The van der Waals surface area contributed by atoms with E-state index in [-0.39, 0.29) is 11.5 Å². The summed E-state index contributed by atoms with van der Waals surface area (Å²) in [5.41, 5.74) is 4.68. The first-order chi connectivity index (χ1) is 14.9. The predicted octanol–water partition coefficient (Wildman–Crippen LogP) is 4.15. The number of alkyl halides is 2. The molecule has 0 aliphatic carbocycles. The number of aryl methyl sites for hydroxylation is 1. The number of aromatic nitrogens is 2. The fourth-order valence-electron chi connectivity index (χ4n) is 3.08. The normalized spacial score (nSPS) is 14.7. The van der Waals surface area contributed by atoms with Gasteiger partial charge in [-0.25, -0.2) is 23.8 Å². The molecule has 1 aliphatic heterocycles. The van der Waals surface area contributed by atoms with Gasteiger partial charge in [0.15, 0.2) is 5.82 Å². The fourth-order valence-corrected chi connectivity index (χ4v) is 3.25. The Morgan fingerprint density at radius 1 is 1.32 bits per heavy atom. The summed E-state index contributed by atoms with van der Waals surface area (Å²) in [5.74, 6) is 0.545. The molecule has 0 unspecified atom stereocenters. The topological polar surface area (TPSA) is 89.7 Å². The molecule has 31 heavy (non-hydrogen) atoms. The summed E-state index contributed by atoms with van der Waals surface area (Å²) in [4.78, 5) is 15.8. The van der Waals surface area contributed by atoms with E-state index < -0.39 is 6.43 Å². The average molecular weight is 450 g/mol. The van der Waals surface area contributed by atoms with E-state index >= 15 is 0 Å². The second kappa shape index (κ2) is 10.3. The molecular weight excluding hydrogens is 428 g/mol. The lowest BCUT2D eigenvalue weighted by atomic mass is 10.1. The molecule has 1 aromatic heterocycles. The van der Waals surface area contributed by atoms with E-state index in [1.807, 2.05) is 4.90 Å². The molecule has 8 nitrogen and oxygen atoms in total. The van der Waals surface area contributed by atoms with E-state index in [1.54, 1.807) is 25.1 Å². The van der Waals surface area contributed by atoms with Crippen LogP contribution < -0.4 is 10.5 Å². The van der Waals surface area contributed by atoms with Gasteiger partial charge in [-0.1, -0.05) is 18.2 Å². The second-order valence-corrected chi connectivity index (χ2v) is 7.05. The van der Waals surface area contributed by atoms with Crippen LogP contribution in [-0.4, -0.2) is 53.5 Å². The highest BCUT2D eigenvalue weighted by atomic mass is 35.5. The van der Waals surface area contributed by atoms with Crippen molar-refractivity contribution in [2.75, 3.05) is 36.7 Å². The fraction of sp³-hybridized carbons (Fsp3) is 0.300. The van der Waals surface area contributed by atoms with Crippen LogP contribution in [0.3, 0.4) is 0 Å². The van der Waals surface area contributed by atoms with Crippen molar-refractivity contribution in [2.24, 2.45) is 5.10 Å². The lowest BCUT2D eigenvalue weighted by Gasteiger charge is -2.26. The number of benzene rings is 1. The summed E-state index contributed by atoms with van der Waals surface area (Å²) in [6.07, 6.45) is -0.310. The standard InChI is InChI=1S/C20H22ClF2N7O/c1-13(16-11-15(21)3-4-17(16)28-25-6-5-24)29-7-8-30(31-10-9-29)19-12-18(20(22)23)26-14(2)27-19/h3-6,11-12,20,24,28H,1,7-10H2,2H3/b24-5?,25-6-. The first-order valence-corrected chi connectivity index (χ1v) is 9.83. The van der Waals surface area contributed by atoms with Crippen molar-refractivity contribution in [3.05, 3.63) is 52.9 Å². The third-order valence-electron chi connectivity index (χ3n) is 4.51. The summed E-state index contributed by atoms with van der Waals surface area (Å²) >= 11 is 6.18. The number of hydroxylamine groups is 1. The average Bonchev–Trinajstić information content (AvgIpc) is 3.00. The quantitative estimate of drug-likeness (QED) is 0.487. The molecule has 0 amide bonds. The Balaban J connectivity index is 1.77. The Kier molecular flexibility index (Phi) is 7.48. The van der Waals surface area contributed by atoms with Crippen LogP contribution in [0.5, 0.6) is 0 Å². The minimum atomic E-state index is -2.69. The SMILES string of the molecule is C=C(c1cc(Cl)ccc1N/N=C\C=N)N1CCON(c2cc(C(F)F)nc(C)n2)CC1. The van der Waals surface area contributed by atoms with Crippen molar-refractivity contribution < 1.29 is 13.6 Å². The number of anilines is 2. The Morgan fingerprint density at radius 3 is 2.87 bits per heavy atom. The maximum Gasteiger partial charge on any atom is 0.280 e. The van der Waals surface area contributed by atoms with Crippen LogP contribution in [0, 0.1) is 12.3 Å². The molecule has 0 bridgehead atoms. The predicted molar refractivity (Wildman–Crippen MR) is 118 cm³/mol. The van der Waals surface area contributed by atoms with E-state index in [0.29, 0.717) is 48.5 Å². The highest BCUT2D eigenvalue weighted by molar-refractivity contribution is 6.30. The number of hydrazone groups is 1. The van der Waals surface area contributed by atoms with Gasteiger partial charge in [0.25, 0.3) is 6.43 Å². The summed E-state index contributed by atoms with van der Waals surface area (Å²) in [6.45, 7) is 7.50. The van der Waals surface area contributed by atoms with Gasteiger partial charge in [-0.2, -0.15) is 5.10 Å². The van der Waals surface area contributed by atoms with Gasteiger partial charge in [0.05, 0.1) is 25.1 Å². The monoisotopic (exact) mass is 449 g/mol. The molecule has 0 radical (unpaired) electrons. The van der Waals surface area contributed by atoms with Gasteiger partial charge in [0.2, 0.25) is 0 Å². The molecular formula is C20H22ClF2N7O. The Bertz CT molecular complexity index is 986. The molecule has 2 N–H and O–H groups in total. The molecule has 2 aromatic rings. The molecule has 1 aliphatic rings. The first-order valence-electron chi connectivity index (χ1n) is 9.45. The second-order valence-electron chi connectivity index (χ2n) is 6.61. The van der Waals surface area contributed by atoms with E-state index in [2.05, 4.69) is 27.1 Å². The molecule has 1 saturated heterocycles. The first kappa shape index (κ1) is 22.6. The summed E-state index contributed by atoms with van der Waals surface area (Å²) in [6, 6.07) is 6.52. The highest BCUT2D eigenvalue weighted by Gasteiger charge is 2.22. The largest absolute Gasteiger partial charge is 0.367 e. The van der Waals surface area contributed by atoms with Gasteiger partial charge in [0, 0.05) is 41.7 Å². The minimum Gasteiger partial charge on any atom is -0.367 e. The molecule has 164 valence electrons. The van der Waals surface area contributed by atoms with Crippen LogP contribution in [0.2, 0.25) is 5.02 Å². The zero-order valence-electron chi connectivity index (χ0n) is 16.9. The van der Waals surface area contributed by atoms with Crippen LogP contribution in [0.25, 0.3) is 5.70 Å².